The van der Waals surface area contributed by atoms with E-state index >= 15 is 0 Å². The highest BCUT2D eigenvalue weighted by molar-refractivity contribution is 6.12. The third-order valence-electron chi connectivity index (χ3n) is 4.74. The lowest BCUT2D eigenvalue weighted by Gasteiger charge is -2.25. The second-order valence-electron chi connectivity index (χ2n) is 6.59. The molecule has 3 aromatic rings. The monoisotopic (exact) mass is 370 g/mol. The smallest absolute Gasteiger partial charge is 0.141 e. The van der Waals surface area contributed by atoms with E-state index < -0.39 is 0 Å². The topological polar surface area (TPSA) is 122 Å². The lowest BCUT2D eigenvalue weighted by molar-refractivity contribution is 0.178. The number of benzene rings is 1. The first-order valence-corrected chi connectivity index (χ1v) is 8.96. The summed E-state index contributed by atoms with van der Waals surface area (Å²) >= 11 is 0. The zero-order chi connectivity index (χ0) is 19.5. The van der Waals surface area contributed by atoms with Gasteiger partial charge in [0.2, 0.25) is 0 Å². The predicted octanol–water partition coefficient (Wildman–Crippen LogP) is 3.20. The highest BCUT2D eigenvalue weighted by Gasteiger charge is 2.24. The highest BCUT2D eigenvalue weighted by atomic mass is 16.5. The number of nitrogens with zero attached hydrogens (tertiary/aromatic N) is 4. The first-order chi connectivity index (χ1) is 13.7. The molecule has 0 amide bonds. The van der Waals surface area contributed by atoms with Gasteiger partial charge in [0, 0.05) is 29.8 Å². The van der Waals surface area contributed by atoms with Crippen LogP contribution in [0.3, 0.4) is 0 Å². The van der Waals surface area contributed by atoms with Gasteiger partial charge in [-0.05, 0) is 49.1 Å². The van der Waals surface area contributed by atoms with Gasteiger partial charge in [-0.1, -0.05) is 0 Å². The molecule has 7 heteroatoms. The van der Waals surface area contributed by atoms with E-state index in [1.807, 2.05) is 6.07 Å². The molecule has 1 aromatic carbocycles. The maximum atomic E-state index is 9.08. The van der Waals surface area contributed by atoms with Crippen LogP contribution in [0.4, 0.5) is 5.69 Å². The molecule has 0 fully saturated rings. The number of nitrogens with one attached hydrogen (secondary N) is 1. The van der Waals surface area contributed by atoms with E-state index in [-0.39, 0.29) is 11.8 Å². The fourth-order valence-electron chi connectivity index (χ4n) is 3.36. The Morgan fingerprint density at radius 3 is 2.89 bits per heavy atom. The number of rotatable bonds is 4. The Labute approximate surface area is 162 Å². The molecular formula is C21H18N6O. The molecule has 1 aliphatic rings. The Morgan fingerprint density at radius 2 is 2.11 bits per heavy atom. The van der Waals surface area contributed by atoms with Gasteiger partial charge in [-0.3, -0.25) is 20.4 Å². The number of hydrogen-bond donors (Lipinski definition) is 2. The molecule has 2 heterocycles. The van der Waals surface area contributed by atoms with Crippen LogP contribution in [0.25, 0.3) is 0 Å². The summed E-state index contributed by atoms with van der Waals surface area (Å²) < 4.78 is 6.20. The summed E-state index contributed by atoms with van der Waals surface area (Å²) in [6.07, 6.45) is 8.72. The summed E-state index contributed by atoms with van der Waals surface area (Å²) in [5.41, 5.74) is 10.2. The SMILES string of the molecule is N#Cc1cnc2c(c1)CCC[C@H]2Oc1ccc(N)c(C(=N)c2cnccn2)c1. The molecule has 2 aromatic heterocycles. The third kappa shape index (κ3) is 3.40. The molecule has 1 atom stereocenters. The Morgan fingerprint density at radius 1 is 1.21 bits per heavy atom. The van der Waals surface area contributed by atoms with Crippen molar-refractivity contribution in [3.63, 3.8) is 0 Å². The molecule has 0 aliphatic heterocycles. The first-order valence-electron chi connectivity index (χ1n) is 8.96. The van der Waals surface area contributed by atoms with Gasteiger partial charge in [0.1, 0.15) is 23.6 Å². The van der Waals surface area contributed by atoms with Gasteiger partial charge < -0.3 is 10.5 Å². The van der Waals surface area contributed by atoms with Crippen LogP contribution in [0.15, 0.2) is 49.1 Å². The Bertz CT molecular complexity index is 1070. The number of ether oxygens (including phenoxy) is 1. The van der Waals surface area contributed by atoms with E-state index in [0.717, 1.165) is 30.5 Å². The quantitative estimate of drug-likeness (QED) is 0.537. The molecule has 0 unspecified atom stereocenters. The maximum absolute atomic E-state index is 9.08. The van der Waals surface area contributed by atoms with E-state index in [9.17, 15) is 0 Å². The number of aryl methyl sites for hydroxylation is 1. The van der Waals surface area contributed by atoms with Crippen molar-refractivity contribution in [3.8, 4) is 11.8 Å². The van der Waals surface area contributed by atoms with Crippen LogP contribution in [-0.4, -0.2) is 20.7 Å². The van der Waals surface area contributed by atoms with Crippen molar-refractivity contribution in [2.45, 2.75) is 25.4 Å². The van der Waals surface area contributed by atoms with Crippen molar-refractivity contribution < 1.29 is 4.74 Å². The van der Waals surface area contributed by atoms with Gasteiger partial charge in [-0.2, -0.15) is 5.26 Å². The maximum Gasteiger partial charge on any atom is 0.141 e. The Balaban J connectivity index is 1.62. The third-order valence-corrected chi connectivity index (χ3v) is 4.74. The summed E-state index contributed by atoms with van der Waals surface area (Å²) in [4.78, 5) is 12.6. The van der Waals surface area contributed by atoms with Crippen molar-refractivity contribution in [1.29, 1.82) is 10.7 Å². The van der Waals surface area contributed by atoms with Crippen LogP contribution in [0.5, 0.6) is 5.75 Å². The molecule has 28 heavy (non-hydrogen) atoms. The molecule has 138 valence electrons. The number of nitrogens with two attached hydrogens (primary N) is 1. The van der Waals surface area contributed by atoms with Crippen LogP contribution >= 0.6 is 0 Å². The lowest BCUT2D eigenvalue weighted by atomic mass is 9.92. The molecule has 0 spiro atoms. The number of fused-ring (bicyclic) bond motifs is 1. The number of aromatic nitrogens is 3. The molecule has 0 radical (unpaired) electrons. The number of anilines is 1. The van der Waals surface area contributed by atoms with E-state index in [4.69, 9.17) is 21.1 Å². The van der Waals surface area contributed by atoms with Crippen molar-refractivity contribution in [3.05, 3.63) is 77.1 Å². The van der Waals surface area contributed by atoms with E-state index in [0.29, 0.717) is 28.3 Å². The van der Waals surface area contributed by atoms with Gasteiger partial charge in [0.15, 0.2) is 0 Å². The van der Waals surface area contributed by atoms with Crippen LogP contribution in [0.2, 0.25) is 0 Å². The fourth-order valence-corrected chi connectivity index (χ4v) is 3.36. The summed E-state index contributed by atoms with van der Waals surface area (Å²) in [7, 11) is 0. The highest BCUT2D eigenvalue weighted by Crippen LogP contribution is 2.33. The van der Waals surface area contributed by atoms with Crippen LogP contribution in [0, 0.1) is 16.7 Å². The minimum atomic E-state index is -0.196. The summed E-state index contributed by atoms with van der Waals surface area (Å²) in [6.45, 7) is 0. The summed E-state index contributed by atoms with van der Waals surface area (Å²) in [5, 5.41) is 17.5. The largest absolute Gasteiger partial charge is 0.484 e. The first kappa shape index (κ1) is 17.6. The predicted molar refractivity (Wildman–Crippen MR) is 104 cm³/mol. The minimum absolute atomic E-state index is 0.192. The molecule has 4 rings (SSSR count). The number of hydrogen-bond acceptors (Lipinski definition) is 7. The summed E-state index contributed by atoms with van der Waals surface area (Å²) in [6, 6.07) is 9.29. The molecule has 0 bridgehead atoms. The second kappa shape index (κ2) is 7.45. The van der Waals surface area contributed by atoms with Gasteiger partial charge >= 0.3 is 0 Å². The zero-order valence-electron chi connectivity index (χ0n) is 15.1. The van der Waals surface area contributed by atoms with Gasteiger partial charge in [-0.25, -0.2) is 0 Å². The molecular weight excluding hydrogens is 352 g/mol. The van der Waals surface area contributed by atoms with Crippen LogP contribution in [0.1, 0.15) is 47.0 Å². The Hall–Kier alpha value is -3.79. The molecule has 0 saturated carbocycles. The summed E-state index contributed by atoms with van der Waals surface area (Å²) in [5.74, 6) is 0.613. The Kier molecular flexibility index (Phi) is 4.68. The van der Waals surface area contributed by atoms with Gasteiger partial charge in [-0.15, -0.1) is 0 Å². The zero-order valence-corrected chi connectivity index (χ0v) is 15.1. The van der Waals surface area contributed by atoms with Gasteiger partial charge in [0.25, 0.3) is 0 Å². The van der Waals surface area contributed by atoms with Crippen molar-refractivity contribution in [1.82, 2.24) is 15.0 Å². The number of nitrogen functional groups attached to an aromatic ring is 1. The molecule has 3 N–H and O–H groups in total. The van der Waals surface area contributed by atoms with E-state index in [2.05, 4.69) is 21.0 Å². The second-order valence-corrected chi connectivity index (χ2v) is 6.59. The average molecular weight is 370 g/mol. The number of pyridine rings is 1. The van der Waals surface area contributed by atoms with Crippen LogP contribution < -0.4 is 10.5 Å². The standard InChI is InChI=1S/C21H18N6O/c22-10-13-8-14-2-1-3-19(21(14)27-11-13)28-15-4-5-17(23)16(9-15)20(24)18-12-25-6-7-26-18/h4-9,11-12,19,24H,1-3,23H2/t19-/m1/s1. The molecule has 7 nitrogen and oxygen atoms in total. The fraction of sp³-hybridized carbons (Fsp3) is 0.190. The van der Waals surface area contributed by atoms with Crippen molar-refractivity contribution in [2.75, 3.05) is 5.73 Å². The van der Waals surface area contributed by atoms with Crippen molar-refractivity contribution >= 4 is 11.4 Å². The lowest BCUT2D eigenvalue weighted by Crippen LogP contribution is -2.17. The van der Waals surface area contributed by atoms with Crippen molar-refractivity contribution in [2.24, 2.45) is 0 Å². The molecule has 0 saturated heterocycles. The average Bonchev–Trinajstić information content (AvgIpc) is 2.75. The molecule has 1 aliphatic carbocycles. The van der Waals surface area contributed by atoms with E-state index in [1.165, 1.54) is 6.20 Å². The van der Waals surface area contributed by atoms with Crippen LogP contribution in [-0.2, 0) is 6.42 Å². The number of nitriles is 1. The van der Waals surface area contributed by atoms with E-state index in [1.54, 1.807) is 36.8 Å². The normalized spacial score (nSPS) is 15.3. The van der Waals surface area contributed by atoms with Gasteiger partial charge in [0.05, 0.1) is 23.2 Å². The minimum Gasteiger partial charge on any atom is -0.484 e.